The number of H-pyrrole nitrogens is 1. The van der Waals surface area contributed by atoms with Crippen molar-refractivity contribution in [1.29, 1.82) is 0 Å². The Labute approximate surface area is 100 Å². The molecule has 1 aliphatic rings. The summed E-state index contributed by atoms with van der Waals surface area (Å²) < 4.78 is 5.86. The van der Waals surface area contributed by atoms with E-state index >= 15 is 0 Å². The third-order valence-corrected chi connectivity index (χ3v) is 3.31. The van der Waals surface area contributed by atoms with Crippen molar-refractivity contribution < 1.29 is 4.74 Å². The predicted molar refractivity (Wildman–Crippen MR) is 67.0 cm³/mol. The quantitative estimate of drug-likeness (QED) is 0.833. The number of ether oxygens (including phenoxy) is 1. The molecule has 0 bridgehead atoms. The minimum atomic E-state index is 0.208. The monoisotopic (exact) mass is 231 g/mol. The molecule has 0 saturated heterocycles. The fraction of sp³-hybridized carbons (Fsp3) is 0.462. The molecule has 4 heteroatoms. The van der Waals surface area contributed by atoms with E-state index in [9.17, 15) is 0 Å². The van der Waals surface area contributed by atoms with E-state index in [2.05, 4.69) is 9.97 Å². The standard InChI is InChI=1S/C13H17N3O/c14-9-4-3-5-10(8-9)17-13-15-11-6-1-2-7-12(11)16-13/h1-2,6-7,9-10H,3-5,8,14H2,(H,15,16). The molecule has 4 nitrogen and oxygen atoms in total. The van der Waals surface area contributed by atoms with Crippen molar-refractivity contribution in [2.24, 2.45) is 5.73 Å². The Kier molecular flexibility index (Phi) is 2.73. The van der Waals surface area contributed by atoms with E-state index < -0.39 is 0 Å². The maximum atomic E-state index is 5.94. The van der Waals surface area contributed by atoms with Crippen LogP contribution in [0.15, 0.2) is 24.3 Å². The summed E-state index contributed by atoms with van der Waals surface area (Å²) in [6, 6.07) is 8.83. The molecule has 2 unspecified atom stereocenters. The van der Waals surface area contributed by atoms with Crippen LogP contribution in [0.1, 0.15) is 25.7 Å². The van der Waals surface area contributed by atoms with Crippen LogP contribution >= 0.6 is 0 Å². The van der Waals surface area contributed by atoms with Gasteiger partial charge in [0.25, 0.3) is 6.01 Å². The minimum absolute atomic E-state index is 0.208. The van der Waals surface area contributed by atoms with Gasteiger partial charge in [0, 0.05) is 6.04 Å². The molecule has 90 valence electrons. The SMILES string of the molecule is NC1CCCC(Oc2nc3ccccc3[nH]2)C1. The summed E-state index contributed by atoms with van der Waals surface area (Å²) in [7, 11) is 0. The fourth-order valence-electron chi connectivity index (χ4n) is 2.43. The molecule has 17 heavy (non-hydrogen) atoms. The number of para-hydroxylation sites is 2. The summed E-state index contributed by atoms with van der Waals surface area (Å²) >= 11 is 0. The van der Waals surface area contributed by atoms with Crippen LogP contribution in [-0.2, 0) is 0 Å². The van der Waals surface area contributed by atoms with E-state index in [0.717, 1.165) is 36.7 Å². The maximum absolute atomic E-state index is 5.94. The summed E-state index contributed by atoms with van der Waals surface area (Å²) in [6.07, 6.45) is 4.47. The summed E-state index contributed by atoms with van der Waals surface area (Å²) in [5.41, 5.74) is 7.91. The van der Waals surface area contributed by atoms with Crippen molar-refractivity contribution in [3.05, 3.63) is 24.3 Å². The molecule has 3 rings (SSSR count). The highest BCUT2D eigenvalue weighted by atomic mass is 16.5. The van der Waals surface area contributed by atoms with Gasteiger partial charge in [0.1, 0.15) is 6.10 Å². The molecule has 0 radical (unpaired) electrons. The van der Waals surface area contributed by atoms with Crippen molar-refractivity contribution in [3.8, 4) is 6.01 Å². The molecule has 1 heterocycles. The van der Waals surface area contributed by atoms with Gasteiger partial charge in [0.05, 0.1) is 11.0 Å². The third-order valence-electron chi connectivity index (χ3n) is 3.31. The number of aromatic amines is 1. The Morgan fingerprint density at radius 1 is 1.29 bits per heavy atom. The van der Waals surface area contributed by atoms with Gasteiger partial charge in [-0.15, -0.1) is 0 Å². The second-order valence-electron chi connectivity index (χ2n) is 4.73. The molecule has 1 aliphatic carbocycles. The molecule has 0 amide bonds. The Bertz CT molecular complexity index is 475. The smallest absolute Gasteiger partial charge is 0.294 e. The highest BCUT2D eigenvalue weighted by Crippen LogP contribution is 2.23. The van der Waals surface area contributed by atoms with Crippen molar-refractivity contribution >= 4 is 11.0 Å². The number of imidazole rings is 1. The first-order valence-corrected chi connectivity index (χ1v) is 6.18. The summed E-state index contributed by atoms with van der Waals surface area (Å²) in [6.45, 7) is 0. The van der Waals surface area contributed by atoms with Crippen LogP contribution < -0.4 is 10.5 Å². The molecule has 3 N–H and O–H groups in total. The molecular formula is C13H17N3O. The summed E-state index contributed by atoms with van der Waals surface area (Å²) in [5.74, 6) is 0. The van der Waals surface area contributed by atoms with E-state index in [1.54, 1.807) is 0 Å². The van der Waals surface area contributed by atoms with E-state index in [1.165, 1.54) is 0 Å². The highest BCUT2D eigenvalue weighted by Gasteiger charge is 2.21. The number of hydrogen-bond acceptors (Lipinski definition) is 3. The normalized spacial score (nSPS) is 25.0. The zero-order valence-corrected chi connectivity index (χ0v) is 9.73. The molecule has 1 aromatic carbocycles. The maximum Gasteiger partial charge on any atom is 0.294 e. The van der Waals surface area contributed by atoms with Crippen molar-refractivity contribution in [2.75, 3.05) is 0 Å². The second-order valence-corrected chi connectivity index (χ2v) is 4.73. The van der Waals surface area contributed by atoms with Gasteiger partial charge in [-0.2, -0.15) is 4.98 Å². The lowest BCUT2D eigenvalue weighted by molar-refractivity contribution is 0.134. The highest BCUT2D eigenvalue weighted by molar-refractivity contribution is 5.75. The number of aromatic nitrogens is 2. The minimum Gasteiger partial charge on any atom is -0.461 e. The topological polar surface area (TPSA) is 63.9 Å². The predicted octanol–water partition coefficient (Wildman–Crippen LogP) is 2.21. The molecule has 2 aromatic rings. The van der Waals surface area contributed by atoms with Gasteiger partial charge in [-0.3, -0.25) is 0 Å². The number of nitrogens with zero attached hydrogens (tertiary/aromatic N) is 1. The average molecular weight is 231 g/mol. The zero-order chi connectivity index (χ0) is 11.7. The molecule has 1 fully saturated rings. The first-order valence-electron chi connectivity index (χ1n) is 6.18. The zero-order valence-electron chi connectivity index (χ0n) is 9.73. The van der Waals surface area contributed by atoms with Crippen molar-refractivity contribution in [3.63, 3.8) is 0 Å². The van der Waals surface area contributed by atoms with Crippen LogP contribution in [0.5, 0.6) is 6.01 Å². The molecule has 2 atom stereocenters. The van der Waals surface area contributed by atoms with Gasteiger partial charge in [-0.05, 0) is 37.8 Å². The molecule has 1 saturated carbocycles. The van der Waals surface area contributed by atoms with E-state index in [-0.39, 0.29) is 12.1 Å². The summed E-state index contributed by atoms with van der Waals surface area (Å²) in [5, 5.41) is 0. The van der Waals surface area contributed by atoms with Gasteiger partial charge in [0.2, 0.25) is 0 Å². The van der Waals surface area contributed by atoms with Gasteiger partial charge in [-0.1, -0.05) is 12.1 Å². The largest absolute Gasteiger partial charge is 0.461 e. The van der Waals surface area contributed by atoms with Crippen LogP contribution in [-0.4, -0.2) is 22.1 Å². The van der Waals surface area contributed by atoms with Gasteiger partial charge in [0.15, 0.2) is 0 Å². The Balaban J connectivity index is 1.75. The first-order chi connectivity index (χ1) is 8.31. The lowest BCUT2D eigenvalue weighted by Crippen LogP contribution is -2.33. The van der Waals surface area contributed by atoms with E-state index in [0.29, 0.717) is 6.01 Å². The Morgan fingerprint density at radius 2 is 2.18 bits per heavy atom. The third kappa shape index (κ3) is 2.26. The van der Waals surface area contributed by atoms with Crippen LogP contribution in [0.2, 0.25) is 0 Å². The van der Waals surface area contributed by atoms with Crippen molar-refractivity contribution in [1.82, 2.24) is 9.97 Å². The molecule has 0 aliphatic heterocycles. The van der Waals surface area contributed by atoms with Crippen LogP contribution in [0.25, 0.3) is 11.0 Å². The Morgan fingerprint density at radius 3 is 3.00 bits per heavy atom. The van der Waals surface area contributed by atoms with Gasteiger partial charge >= 0.3 is 0 Å². The average Bonchev–Trinajstić information content (AvgIpc) is 2.71. The summed E-state index contributed by atoms with van der Waals surface area (Å²) in [4.78, 5) is 7.60. The first kappa shape index (κ1) is 10.6. The second kappa shape index (κ2) is 4.37. The number of fused-ring (bicyclic) bond motifs is 1. The number of benzene rings is 1. The molecular weight excluding hydrogens is 214 g/mol. The number of nitrogens with two attached hydrogens (primary N) is 1. The van der Waals surface area contributed by atoms with Gasteiger partial charge < -0.3 is 15.5 Å². The van der Waals surface area contributed by atoms with Crippen LogP contribution in [0, 0.1) is 0 Å². The fourth-order valence-corrected chi connectivity index (χ4v) is 2.43. The molecule has 0 spiro atoms. The van der Waals surface area contributed by atoms with Crippen LogP contribution in [0.4, 0.5) is 0 Å². The Hall–Kier alpha value is -1.55. The van der Waals surface area contributed by atoms with Crippen molar-refractivity contribution in [2.45, 2.75) is 37.8 Å². The van der Waals surface area contributed by atoms with Crippen LogP contribution in [0.3, 0.4) is 0 Å². The van der Waals surface area contributed by atoms with E-state index in [4.69, 9.17) is 10.5 Å². The van der Waals surface area contributed by atoms with E-state index in [1.807, 2.05) is 24.3 Å². The lowest BCUT2D eigenvalue weighted by Gasteiger charge is -2.26. The van der Waals surface area contributed by atoms with Gasteiger partial charge in [-0.25, -0.2) is 0 Å². The molecule has 1 aromatic heterocycles. The number of hydrogen-bond donors (Lipinski definition) is 2. The number of nitrogens with one attached hydrogen (secondary N) is 1. The lowest BCUT2D eigenvalue weighted by atomic mass is 9.94. The number of rotatable bonds is 2.